The topological polar surface area (TPSA) is 126 Å². The van der Waals surface area contributed by atoms with Gasteiger partial charge in [-0.2, -0.15) is 0 Å². The summed E-state index contributed by atoms with van der Waals surface area (Å²) in [5.74, 6) is 0.823. The third-order valence-corrected chi connectivity index (χ3v) is 19.6. The van der Waals surface area contributed by atoms with Crippen molar-refractivity contribution in [1.29, 1.82) is 0 Å². The molecule has 3 aliphatic carbocycles. The van der Waals surface area contributed by atoms with E-state index >= 15 is 0 Å². The Hall–Kier alpha value is -1.42. The summed E-state index contributed by atoms with van der Waals surface area (Å²) >= 11 is 0. The second-order valence-corrected chi connectivity index (χ2v) is 27.4. The summed E-state index contributed by atoms with van der Waals surface area (Å²) < 4.78 is 17.5. The number of aliphatic hydroxyl groups is 3. The van der Waals surface area contributed by atoms with E-state index in [1.165, 1.54) is 283 Å². The number of aliphatic hydroxyl groups excluding tert-OH is 3. The Morgan fingerprint density at radius 3 is 1.17 bits per heavy atom. The Morgan fingerprint density at radius 2 is 0.651 bits per heavy atom. The Bertz CT molecular complexity index is 1540. The van der Waals surface area contributed by atoms with E-state index in [0.717, 1.165) is 103 Å². The molecule has 0 aromatic heterocycles. The van der Waals surface area contributed by atoms with Crippen LogP contribution in [0.3, 0.4) is 0 Å². The highest BCUT2D eigenvalue weighted by atomic mass is 16.6. The Morgan fingerprint density at radius 1 is 0.291 bits per heavy atom. The molecule has 8 nitrogen and oxygen atoms in total. The molecule has 9 unspecified atom stereocenters. The highest BCUT2D eigenvalue weighted by Gasteiger charge is 2.37. The molecule has 0 aromatic rings. The minimum atomic E-state index is -0.206. The van der Waals surface area contributed by atoms with E-state index in [9.17, 15) is 24.9 Å². The van der Waals surface area contributed by atoms with Gasteiger partial charge in [0.2, 0.25) is 0 Å². The van der Waals surface area contributed by atoms with Crippen molar-refractivity contribution < 1.29 is 39.1 Å². The summed E-state index contributed by atoms with van der Waals surface area (Å²) in [6.45, 7) is 4.00. The van der Waals surface area contributed by atoms with Gasteiger partial charge in [-0.05, 0) is 135 Å². The molecular weight excluding hydrogens is 1060 g/mol. The lowest BCUT2D eigenvalue weighted by Crippen LogP contribution is -2.26. The fourth-order valence-corrected chi connectivity index (χ4v) is 13.8. The molecule has 0 aromatic carbocycles. The number of ether oxygens (including phenoxy) is 3. The quantitative estimate of drug-likeness (QED) is 0.162. The van der Waals surface area contributed by atoms with E-state index in [-0.39, 0.29) is 37.9 Å². The largest absolute Gasteiger partial charge is 0.393 e. The third-order valence-electron chi connectivity index (χ3n) is 19.6. The molecule has 0 spiro atoms. The number of epoxide rings is 1. The fraction of sp³-hybridized carbons (Fsp3) is 0.923. The smallest absolute Gasteiger partial charge is 0.161 e. The van der Waals surface area contributed by atoms with Crippen LogP contribution >= 0.6 is 0 Å². The van der Waals surface area contributed by atoms with E-state index < -0.39 is 0 Å². The van der Waals surface area contributed by atoms with Gasteiger partial charge >= 0.3 is 0 Å². The van der Waals surface area contributed by atoms with Crippen LogP contribution in [0, 0.1) is 0 Å². The first-order chi connectivity index (χ1) is 41.9. The van der Waals surface area contributed by atoms with Crippen LogP contribution in [0.5, 0.6) is 0 Å². The molecule has 506 valence electrons. The van der Waals surface area contributed by atoms with E-state index in [4.69, 9.17) is 14.2 Å². The average molecular weight is 1210 g/mol. The lowest BCUT2D eigenvalue weighted by molar-refractivity contribution is -0.130. The first-order valence-electron chi connectivity index (χ1n) is 38.2. The summed E-state index contributed by atoms with van der Waals surface area (Å²) in [6, 6.07) is 0. The monoisotopic (exact) mass is 1210 g/mol. The molecule has 86 heavy (non-hydrogen) atoms. The minimum absolute atomic E-state index is 0. The van der Waals surface area contributed by atoms with Gasteiger partial charge in [0, 0.05) is 19.3 Å². The number of ketones is 2. The van der Waals surface area contributed by atoms with Gasteiger partial charge in [0.1, 0.15) is 11.9 Å². The van der Waals surface area contributed by atoms with Gasteiger partial charge in [-0.25, -0.2) is 0 Å². The Kier molecular flexibility index (Phi) is 55.0. The van der Waals surface area contributed by atoms with Crippen molar-refractivity contribution in [3.8, 4) is 0 Å². The average Bonchev–Trinajstić information content (AvgIpc) is 3.37. The molecule has 5 saturated heterocycles. The predicted octanol–water partition coefficient (Wildman–Crippen LogP) is 22.7. The van der Waals surface area contributed by atoms with Crippen LogP contribution in [0.15, 0.2) is 24.3 Å². The van der Waals surface area contributed by atoms with Gasteiger partial charge in [0.15, 0.2) is 5.78 Å². The number of carbonyl (C=O) groups excluding carboxylic acids is 2. The zero-order valence-corrected chi connectivity index (χ0v) is 56.3. The van der Waals surface area contributed by atoms with Crippen molar-refractivity contribution in [2.45, 2.75) is 461 Å². The van der Waals surface area contributed by atoms with Crippen LogP contribution in [0.25, 0.3) is 0 Å². The van der Waals surface area contributed by atoms with Crippen LogP contribution < -0.4 is 0 Å². The van der Waals surface area contributed by atoms with Crippen LogP contribution in [0.2, 0.25) is 0 Å². The highest BCUT2D eigenvalue weighted by Crippen LogP contribution is 2.33. The molecule has 9 atom stereocenters. The number of hydrogen-bond donors (Lipinski definition) is 3. The van der Waals surface area contributed by atoms with Gasteiger partial charge in [0.05, 0.1) is 48.8 Å². The summed E-state index contributed by atoms with van der Waals surface area (Å²) in [6.07, 6.45) is 84.4. The van der Waals surface area contributed by atoms with Crippen LogP contribution in [-0.4, -0.2) is 81.8 Å². The standard InChI is InChI=1S/C15H28O2.C15H26O2.C15H28O2.C15H28O.C15H26O.C2H6.CH4/c2*16-14-10-8-6-4-2-1-3-5-7-9-13-11-12-15(14)17-13;16-13-9-7-5-3-1-2-4-6-8-10-14-15(17-14)12-11-13;2*16-15-13-11-9-7-5-3-1-2-4-6-8-10-12-14-15;1-2;/h13-16H,1-12H2;13,15H,1-12H2;13-16H,1-12H2;7,9,15-16H,1-6,8,10-14H2;7,9H,1-6,8,10-14H2;1-2H3;1H4. The maximum Gasteiger partial charge on any atom is 0.161 e. The first kappa shape index (κ1) is 80.7. The molecule has 6 fully saturated rings. The summed E-state index contributed by atoms with van der Waals surface area (Å²) in [5, 5.41) is 29.7. The number of carbonyl (C=O) groups is 2. The molecular formula is C78H146O8. The second-order valence-electron chi connectivity index (χ2n) is 27.4. The number of Topliss-reactive ketones (excluding diaryl/α,β-unsaturated/α-hetero) is 2. The van der Waals surface area contributed by atoms with Gasteiger partial charge in [-0.3, -0.25) is 9.59 Å². The van der Waals surface area contributed by atoms with Crippen LogP contribution in [-0.2, 0) is 23.8 Å². The number of hydrogen-bond acceptors (Lipinski definition) is 8. The lowest BCUT2D eigenvalue weighted by atomic mass is 10.0. The van der Waals surface area contributed by atoms with Gasteiger partial charge in [-0.15, -0.1) is 0 Å². The number of rotatable bonds is 0. The van der Waals surface area contributed by atoms with Crippen molar-refractivity contribution in [3.63, 3.8) is 0 Å². The van der Waals surface area contributed by atoms with E-state index in [1.54, 1.807) is 0 Å². The van der Waals surface area contributed by atoms with Gasteiger partial charge in [0.25, 0.3) is 0 Å². The van der Waals surface area contributed by atoms with E-state index in [0.29, 0.717) is 36.0 Å². The highest BCUT2D eigenvalue weighted by molar-refractivity contribution is 5.83. The van der Waals surface area contributed by atoms with Crippen molar-refractivity contribution in [1.82, 2.24) is 0 Å². The minimum Gasteiger partial charge on any atom is -0.393 e. The fourth-order valence-electron chi connectivity index (χ4n) is 13.8. The normalized spacial score (nSPS) is 30.7. The zero-order valence-electron chi connectivity index (χ0n) is 56.3. The molecule has 0 radical (unpaired) electrons. The second kappa shape index (κ2) is 58.7. The Labute approximate surface area is 533 Å². The summed E-state index contributed by atoms with van der Waals surface area (Å²) in [4.78, 5) is 23.4. The molecule has 5 aliphatic heterocycles. The van der Waals surface area contributed by atoms with Crippen molar-refractivity contribution >= 4 is 11.6 Å². The summed E-state index contributed by atoms with van der Waals surface area (Å²) in [7, 11) is 0. The van der Waals surface area contributed by atoms with Crippen molar-refractivity contribution in [2.75, 3.05) is 0 Å². The molecule has 3 N–H and O–H groups in total. The van der Waals surface area contributed by atoms with Crippen molar-refractivity contribution in [3.05, 3.63) is 24.3 Å². The number of allylic oxidation sites excluding steroid dienone is 4. The molecule has 0 amide bonds. The molecule has 8 aliphatic rings. The SMILES string of the molecule is C.CC.O=C1CCC=CCCCCCCCCCC1.O=C1CCCCCCCCCCC2CCC1O2.OC1CCC=CCCCCCCCCCC1.OC1CCCCCCCCCCC2CCC1O2.OC1CCCCCCCCCCC2OC2CC1. The third kappa shape index (κ3) is 46.6. The summed E-state index contributed by atoms with van der Waals surface area (Å²) in [5.41, 5.74) is 0. The predicted molar refractivity (Wildman–Crippen MR) is 367 cm³/mol. The molecule has 4 bridgehead atoms. The Balaban J connectivity index is 0.000000363. The van der Waals surface area contributed by atoms with E-state index in [2.05, 4.69) is 24.3 Å². The van der Waals surface area contributed by atoms with Crippen LogP contribution in [0.4, 0.5) is 0 Å². The van der Waals surface area contributed by atoms with Crippen LogP contribution in [0.1, 0.15) is 407 Å². The molecule has 8 heteroatoms. The first-order valence-corrected chi connectivity index (χ1v) is 38.2. The molecule has 1 saturated carbocycles. The maximum atomic E-state index is 11.9. The molecule has 5 heterocycles. The van der Waals surface area contributed by atoms with E-state index in [1.807, 2.05) is 13.8 Å². The van der Waals surface area contributed by atoms with Gasteiger partial charge in [-0.1, -0.05) is 277 Å². The van der Waals surface area contributed by atoms with Crippen molar-refractivity contribution in [2.24, 2.45) is 0 Å². The molecule has 8 rings (SSSR count). The number of fused-ring (bicyclic) bond motifs is 5. The lowest BCUT2D eigenvalue weighted by Gasteiger charge is -2.19. The van der Waals surface area contributed by atoms with Gasteiger partial charge < -0.3 is 29.5 Å². The zero-order chi connectivity index (χ0) is 60.7. The maximum absolute atomic E-state index is 11.9.